The van der Waals surface area contributed by atoms with Crippen LogP contribution in [-0.4, -0.2) is 15.8 Å². The molecular formula is C9H5F2N3O3. The molecule has 0 bridgehead atoms. The van der Waals surface area contributed by atoms with E-state index in [0.29, 0.717) is 12.1 Å². The smallest absolute Gasteiger partial charge is 0.341 e. The van der Waals surface area contributed by atoms with Crippen molar-refractivity contribution in [1.82, 2.24) is 9.78 Å². The molecule has 0 aliphatic heterocycles. The molecule has 6 nitrogen and oxygen atoms in total. The second kappa shape index (κ2) is 3.51. The van der Waals surface area contributed by atoms with Crippen LogP contribution in [0.15, 0.2) is 21.7 Å². The Hall–Kier alpha value is -2.51. The zero-order valence-corrected chi connectivity index (χ0v) is 8.16. The monoisotopic (exact) mass is 241 g/mol. The molecule has 0 saturated carbocycles. The first-order valence-electron chi connectivity index (χ1n) is 4.35. The van der Waals surface area contributed by atoms with E-state index < -0.39 is 34.2 Å². The van der Waals surface area contributed by atoms with Crippen LogP contribution in [0.2, 0.25) is 0 Å². The second-order valence-electron chi connectivity index (χ2n) is 3.23. The number of carbonyl (C=O) groups is 1. The first-order chi connectivity index (χ1) is 7.91. The van der Waals surface area contributed by atoms with Crippen LogP contribution in [0.3, 0.4) is 0 Å². The van der Waals surface area contributed by atoms with Crippen LogP contribution in [-0.2, 0) is 0 Å². The fraction of sp³-hybridized carbons (Fsp3) is 0. The van der Waals surface area contributed by atoms with Crippen LogP contribution in [0, 0.1) is 11.6 Å². The summed E-state index contributed by atoms with van der Waals surface area (Å²) >= 11 is 0. The summed E-state index contributed by atoms with van der Waals surface area (Å²) in [6.45, 7) is 0. The van der Waals surface area contributed by atoms with Crippen molar-refractivity contribution in [3.05, 3.63) is 44.5 Å². The average Bonchev–Trinajstić information content (AvgIpc) is 2.25. The summed E-state index contributed by atoms with van der Waals surface area (Å²) in [5.74, 6) is -2.56. The summed E-state index contributed by atoms with van der Waals surface area (Å²) in [5, 5.41) is 1.07. The number of nitrogens with zero attached hydrogens (tertiary/aromatic N) is 1. The topological polar surface area (TPSA) is 97.9 Å². The summed E-state index contributed by atoms with van der Waals surface area (Å²) in [6.07, 6.45) is 0. The molecule has 2 rings (SSSR count). The summed E-state index contributed by atoms with van der Waals surface area (Å²) in [7, 11) is 0. The maximum atomic E-state index is 12.9. The number of primary amides is 1. The number of H-pyrrole nitrogens is 1. The molecule has 0 aliphatic carbocycles. The van der Waals surface area contributed by atoms with Gasteiger partial charge in [0.2, 0.25) is 0 Å². The average molecular weight is 241 g/mol. The summed E-state index contributed by atoms with van der Waals surface area (Å²) < 4.78 is 26.1. The van der Waals surface area contributed by atoms with Crippen molar-refractivity contribution in [3.8, 4) is 0 Å². The molecule has 0 aliphatic rings. The molecule has 1 aromatic carbocycles. The number of benzene rings is 1. The predicted octanol–water partition coefficient (Wildman–Crippen LogP) is -0.105. The molecule has 2 aromatic rings. The van der Waals surface area contributed by atoms with Gasteiger partial charge in [0.1, 0.15) is 0 Å². The zero-order chi connectivity index (χ0) is 12.7. The number of rotatable bonds is 0. The van der Waals surface area contributed by atoms with Crippen molar-refractivity contribution in [2.75, 3.05) is 0 Å². The maximum absolute atomic E-state index is 12.9. The van der Waals surface area contributed by atoms with Crippen LogP contribution in [0.25, 0.3) is 10.8 Å². The van der Waals surface area contributed by atoms with E-state index in [1.54, 1.807) is 0 Å². The fourth-order valence-electron chi connectivity index (χ4n) is 1.40. The van der Waals surface area contributed by atoms with Gasteiger partial charge in [-0.25, -0.2) is 13.6 Å². The number of halogens is 2. The summed E-state index contributed by atoms with van der Waals surface area (Å²) in [4.78, 5) is 33.8. The van der Waals surface area contributed by atoms with Crippen LogP contribution in [0.4, 0.5) is 13.6 Å². The van der Waals surface area contributed by atoms with Crippen molar-refractivity contribution >= 4 is 16.8 Å². The number of hydrogen-bond acceptors (Lipinski definition) is 3. The Morgan fingerprint density at radius 1 is 1.18 bits per heavy atom. The van der Waals surface area contributed by atoms with Gasteiger partial charge in [-0.05, 0) is 12.1 Å². The lowest BCUT2D eigenvalue weighted by Crippen LogP contribution is -2.38. The Labute approximate surface area is 91.3 Å². The molecule has 0 radical (unpaired) electrons. The van der Waals surface area contributed by atoms with E-state index in [9.17, 15) is 23.2 Å². The molecule has 1 heterocycles. The van der Waals surface area contributed by atoms with E-state index in [4.69, 9.17) is 5.73 Å². The number of carbonyl (C=O) groups excluding carboxylic acids is 1. The molecular weight excluding hydrogens is 236 g/mol. The highest BCUT2D eigenvalue weighted by molar-refractivity contribution is 5.83. The number of aromatic nitrogens is 2. The first kappa shape index (κ1) is 11.0. The normalized spacial score (nSPS) is 10.7. The predicted molar refractivity (Wildman–Crippen MR) is 53.7 cm³/mol. The Balaban J connectivity index is 3.05. The van der Waals surface area contributed by atoms with Gasteiger partial charge in [0.25, 0.3) is 11.1 Å². The molecule has 0 atom stereocenters. The van der Waals surface area contributed by atoms with Crippen molar-refractivity contribution in [1.29, 1.82) is 0 Å². The van der Waals surface area contributed by atoms with E-state index >= 15 is 0 Å². The molecule has 0 fully saturated rings. The third-order valence-corrected chi connectivity index (χ3v) is 2.17. The molecule has 88 valence electrons. The number of aromatic amines is 1. The van der Waals surface area contributed by atoms with Crippen molar-refractivity contribution < 1.29 is 13.6 Å². The van der Waals surface area contributed by atoms with Gasteiger partial charge in [-0.3, -0.25) is 14.7 Å². The van der Waals surface area contributed by atoms with Crippen LogP contribution >= 0.6 is 0 Å². The van der Waals surface area contributed by atoms with Gasteiger partial charge in [-0.1, -0.05) is 0 Å². The Kier molecular flexibility index (Phi) is 2.27. The highest BCUT2D eigenvalue weighted by atomic mass is 19.2. The number of hydrogen-bond donors (Lipinski definition) is 2. The minimum atomic E-state index is -1.30. The SMILES string of the molecule is NC(=O)n1[nH]c(=O)c2cc(F)c(F)cc2c1=O. The Morgan fingerprint density at radius 2 is 1.71 bits per heavy atom. The van der Waals surface area contributed by atoms with E-state index in [1.165, 1.54) is 0 Å². The largest absolute Gasteiger partial charge is 0.350 e. The highest BCUT2D eigenvalue weighted by Crippen LogP contribution is 2.11. The third-order valence-electron chi connectivity index (χ3n) is 2.17. The number of fused-ring (bicyclic) bond motifs is 1. The van der Waals surface area contributed by atoms with Gasteiger partial charge >= 0.3 is 6.03 Å². The van der Waals surface area contributed by atoms with Gasteiger partial charge in [-0.2, -0.15) is 4.68 Å². The molecule has 8 heteroatoms. The molecule has 17 heavy (non-hydrogen) atoms. The molecule has 1 aromatic heterocycles. The first-order valence-corrected chi connectivity index (χ1v) is 4.35. The number of nitrogens with one attached hydrogen (secondary N) is 1. The van der Waals surface area contributed by atoms with Gasteiger partial charge in [0.15, 0.2) is 11.6 Å². The van der Waals surface area contributed by atoms with Gasteiger partial charge < -0.3 is 5.73 Å². The minimum Gasteiger partial charge on any atom is -0.350 e. The number of nitrogens with two attached hydrogens (primary N) is 1. The third kappa shape index (κ3) is 1.59. The molecule has 1 amide bonds. The van der Waals surface area contributed by atoms with Crippen LogP contribution < -0.4 is 16.9 Å². The van der Waals surface area contributed by atoms with Crippen LogP contribution in [0.1, 0.15) is 0 Å². The van der Waals surface area contributed by atoms with E-state index in [1.807, 2.05) is 5.10 Å². The molecule has 3 N–H and O–H groups in total. The van der Waals surface area contributed by atoms with Crippen molar-refractivity contribution in [2.24, 2.45) is 5.73 Å². The lowest BCUT2D eigenvalue weighted by atomic mass is 10.2. The van der Waals surface area contributed by atoms with Gasteiger partial charge in [-0.15, -0.1) is 0 Å². The zero-order valence-electron chi connectivity index (χ0n) is 8.16. The van der Waals surface area contributed by atoms with Gasteiger partial charge in [0, 0.05) is 0 Å². The van der Waals surface area contributed by atoms with E-state index in [0.717, 1.165) is 0 Å². The van der Waals surface area contributed by atoms with Crippen molar-refractivity contribution in [2.45, 2.75) is 0 Å². The highest BCUT2D eigenvalue weighted by Gasteiger charge is 2.13. The minimum absolute atomic E-state index is 0.224. The summed E-state index contributed by atoms with van der Waals surface area (Å²) in [5.41, 5.74) is 2.89. The molecule has 0 unspecified atom stereocenters. The fourth-order valence-corrected chi connectivity index (χ4v) is 1.40. The maximum Gasteiger partial charge on any atom is 0.341 e. The van der Waals surface area contributed by atoms with Crippen LogP contribution in [0.5, 0.6) is 0 Å². The van der Waals surface area contributed by atoms with E-state index in [-0.39, 0.29) is 10.1 Å². The van der Waals surface area contributed by atoms with E-state index in [2.05, 4.69) is 0 Å². The Bertz CT molecular complexity index is 747. The molecule has 0 saturated heterocycles. The lowest BCUT2D eigenvalue weighted by Gasteiger charge is -2.02. The molecule has 0 spiro atoms. The summed E-state index contributed by atoms with van der Waals surface area (Å²) in [6, 6.07) is -0.100. The van der Waals surface area contributed by atoms with Crippen molar-refractivity contribution in [3.63, 3.8) is 0 Å². The number of amides is 1. The van der Waals surface area contributed by atoms with Gasteiger partial charge in [0.05, 0.1) is 10.8 Å². The Morgan fingerprint density at radius 3 is 2.24 bits per heavy atom. The second-order valence-corrected chi connectivity index (χ2v) is 3.23. The standard InChI is InChI=1S/C9H5F2N3O3/c10-5-1-3-4(2-6(5)11)8(16)14(9(12)17)13-7(3)15/h1-2H,(H2,12,17)(H,13,15). The quantitative estimate of drug-likeness (QED) is 0.673. The lowest BCUT2D eigenvalue weighted by molar-refractivity contribution is 0.246.